The van der Waals surface area contributed by atoms with Crippen LogP contribution in [-0.2, 0) is 0 Å². The molecule has 2 nitrogen and oxygen atoms in total. The van der Waals surface area contributed by atoms with Crippen LogP contribution < -0.4 is 5.73 Å². The summed E-state index contributed by atoms with van der Waals surface area (Å²) in [6.07, 6.45) is 7.13. The van der Waals surface area contributed by atoms with Gasteiger partial charge < -0.3 is 5.73 Å². The van der Waals surface area contributed by atoms with E-state index in [1.807, 2.05) is 18.7 Å². The minimum Gasteiger partial charge on any atom is -0.397 e. The van der Waals surface area contributed by atoms with Gasteiger partial charge in [0.15, 0.2) is 0 Å². The highest BCUT2D eigenvalue weighted by Crippen LogP contribution is 2.38. The van der Waals surface area contributed by atoms with Crippen molar-refractivity contribution in [1.29, 1.82) is 0 Å². The molecule has 15 heavy (non-hydrogen) atoms. The Labute approximate surface area is 103 Å². The van der Waals surface area contributed by atoms with Crippen LogP contribution in [0, 0.1) is 6.92 Å². The van der Waals surface area contributed by atoms with Crippen molar-refractivity contribution < 1.29 is 0 Å². The zero-order valence-electron chi connectivity index (χ0n) is 8.79. The second-order valence-electron chi connectivity index (χ2n) is 3.98. The Morgan fingerprint density at radius 1 is 1.47 bits per heavy atom. The fraction of sp³-hybridized carbons (Fsp3) is 0.545. The van der Waals surface area contributed by atoms with Crippen molar-refractivity contribution in [3.05, 3.63) is 16.2 Å². The summed E-state index contributed by atoms with van der Waals surface area (Å²) in [7, 11) is 0. The maximum absolute atomic E-state index is 5.80. The van der Waals surface area contributed by atoms with Gasteiger partial charge in [0.05, 0.1) is 16.4 Å². The molecule has 0 spiro atoms. The van der Waals surface area contributed by atoms with Crippen molar-refractivity contribution in [1.82, 2.24) is 4.98 Å². The maximum Gasteiger partial charge on any atom is 0.111 e. The number of nitrogens with two attached hydrogens (primary N) is 1. The number of aromatic nitrogens is 1. The van der Waals surface area contributed by atoms with Gasteiger partial charge in [-0.1, -0.05) is 12.8 Å². The first-order valence-electron chi connectivity index (χ1n) is 5.25. The Balaban J connectivity index is 2.17. The molecular formula is C11H15BrN2S. The molecule has 1 aliphatic rings. The summed E-state index contributed by atoms with van der Waals surface area (Å²) in [6.45, 7) is 2.03. The van der Waals surface area contributed by atoms with E-state index in [9.17, 15) is 0 Å². The van der Waals surface area contributed by atoms with E-state index in [0.717, 1.165) is 26.0 Å². The molecule has 0 atom stereocenters. The van der Waals surface area contributed by atoms with Crippen molar-refractivity contribution in [3.63, 3.8) is 0 Å². The third-order valence-electron chi connectivity index (χ3n) is 2.85. The molecule has 82 valence electrons. The quantitative estimate of drug-likeness (QED) is 0.900. The molecule has 1 fully saturated rings. The summed E-state index contributed by atoms with van der Waals surface area (Å²) in [4.78, 5) is 4.39. The van der Waals surface area contributed by atoms with E-state index in [2.05, 4.69) is 20.9 Å². The molecular weight excluding hydrogens is 272 g/mol. The largest absolute Gasteiger partial charge is 0.397 e. The number of thioether (sulfide) groups is 1. The third-order valence-corrected chi connectivity index (χ3v) is 5.42. The molecule has 1 aromatic rings. The molecule has 1 aliphatic carbocycles. The highest BCUT2D eigenvalue weighted by molar-refractivity contribution is 9.10. The number of pyridine rings is 1. The Morgan fingerprint density at radius 3 is 2.80 bits per heavy atom. The number of anilines is 1. The molecule has 4 heteroatoms. The Morgan fingerprint density at radius 2 is 2.13 bits per heavy atom. The first kappa shape index (κ1) is 11.3. The predicted octanol–water partition coefficient (Wildman–Crippen LogP) is 3.77. The van der Waals surface area contributed by atoms with Gasteiger partial charge in [-0.2, -0.15) is 0 Å². The fourth-order valence-corrected chi connectivity index (χ4v) is 3.68. The molecule has 0 aliphatic heterocycles. The lowest BCUT2D eigenvalue weighted by Gasteiger charge is -2.11. The molecule has 1 saturated carbocycles. The highest BCUT2D eigenvalue weighted by atomic mass is 79.9. The standard InChI is InChI=1S/C11H15BrN2S/c1-7-9(13)6-14-11(10(7)12)15-8-4-2-3-5-8/h6,8H,2-5,13H2,1H3. The number of nitrogen functional groups attached to an aromatic ring is 1. The predicted molar refractivity (Wildman–Crippen MR) is 69.2 cm³/mol. The average molecular weight is 287 g/mol. The van der Waals surface area contributed by atoms with Gasteiger partial charge in [-0.25, -0.2) is 4.98 Å². The maximum atomic E-state index is 5.80. The van der Waals surface area contributed by atoms with E-state index in [0.29, 0.717) is 0 Å². The Kier molecular flexibility index (Phi) is 3.57. The Bertz CT molecular complexity index is 362. The fourth-order valence-electron chi connectivity index (χ4n) is 1.82. The first-order chi connectivity index (χ1) is 7.18. The van der Waals surface area contributed by atoms with Crippen molar-refractivity contribution in [2.24, 2.45) is 0 Å². The van der Waals surface area contributed by atoms with E-state index in [-0.39, 0.29) is 0 Å². The molecule has 1 heterocycles. The zero-order valence-corrected chi connectivity index (χ0v) is 11.2. The van der Waals surface area contributed by atoms with Crippen LogP contribution in [0.25, 0.3) is 0 Å². The van der Waals surface area contributed by atoms with Gasteiger partial charge in [-0.3, -0.25) is 0 Å². The molecule has 0 bridgehead atoms. The van der Waals surface area contributed by atoms with Crippen LogP contribution in [0.4, 0.5) is 5.69 Å². The monoisotopic (exact) mass is 286 g/mol. The van der Waals surface area contributed by atoms with Gasteiger partial charge in [-0.15, -0.1) is 11.8 Å². The van der Waals surface area contributed by atoms with Gasteiger partial charge in [0, 0.05) is 5.25 Å². The molecule has 1 aromatic heterocycles. The first-order valence-corrected chi connectivity index (χ1v) is 6.93. The van der Waals surface area contributed by atoms with Crippen LogP contribution in [0.1, 0.15) is 31.2 Å². The van der Waals surface area contributed by atoms with Crippen molar-refractivity contribution in [3.8, 4) is 0 Å². The van der Waals surface area contributed by atoms with Gasteiger partial charge >= 0.3 is 0 Å². The van der Waals surface area contributed by atoms with Gasteiger partial charge in [-0.05, 0) is 41.3 Å². The topological polar surface area (TPSA) is 38.9 Å². The SMILES string of the molecule is Cc1c(N)cnc(SC2CCCC2)c1Br. The minimum atomic E-state index is 0.747. The molecule has 0 saturated heterocycles. The molecule has 2 rings (SSSR count). The van der Waals surface area contributed by atoms with Crippen LogP contribution in [0.2, 0.25) is 0 Å². The van der Waals surface area contributed by atoms with Crippen LogP contribution >= 0.6 is 27.7 Å². The summed E-state index contributed by atoms with van der Waals surface area (Å²) in [5.41, 5.74) is 7.66. The number of halogens is 1. The van der Waals surface area contributed by atoms with Crippen LogP contribution in [0.5, 0.6) is 0 Å². The zero-order chi connectivity index (χ0) is 10.8. The lowest BCUT2D eigenvalue weighted by atomic mass is 10.3. The van der Waals surface area contributed by atoms with Gasteiger partial charge in [0.25, 0.3) is 0 Å². The second-order valence-corrected chi connectivity index (χ2v) is 6.06. The van der Waals surface area contributed by atoms with E-state index in [4.69, 9.17) is 5.73 Å². The number of rotatable bonds is 2. The summed E-state index contributed by atoms with van der Waals surface area (Å²) < 4.78 is 1.07. The van der Waals surface area contributed by atoms with E-state index in [1.165, 1.54) is 25.7 Å². The second kappa shape index (κ2) is 4.74. The summed E-state index contributed by atoms with van der Waals surface area (Å²) in [5, 5.41) is 1.84. The smallest absolute Gasteiger partial charge is 0.111 e. The van der Waals surface area contributed by atoms with Crippen molar-refractivity contribution >= 4 is 33.4 Å². The van der Waals surface area contributed by atoms with Gasteiger partial charge in [0.2, 0.25) is 0 Å². The number of nitrogens with zero attached hydrogens (tertiary/aromatic N) is 1. The minimum absolute atomic E-state index is 0.747. The lowest BCUT2D eigenvalue weighted by Crippen LogP contribution is -1.99. The van der Waals surface area contributed by atoms with Crippen molar-refractivity contribution in [2.75, 3.05) is 5.73 Å². The van der Waals surface area contributed by atoms with Crippen molar-refractivity contribution in [2.45, 2.75) is 42.9 Å². The molecule has 2 N–H and O–H groups in total. The molecule has 0 amide bonds. The van der Waals surface area contributed by atoms with Gasteiger partial charge in [0.1, 0.15) is 5.03 Å². The average Bonchev–Trinajstić information content (AvgIpc) is 2.72. The van der Waals surface area contributed by atoms with Crippen LogP contribution in [-0.4, -0.2) is 10.2 Å². The van der Waals surface area contributed by atoms with Crippen LogP contribution in [0.3, 0.4) is 0 Å². The number of hydrogen-bond acceptors (Lipinski definition) is 3. The molecule has 0 radical (unpaired) electrons. The van der Waals surface area contributed by atoms with E-state index >= 15 is 0 Å². The van der Waals surface area contributed by atoms with Crippen LogP contribution in [0.15, 0.2) is 15.7 Å². The lowest BCUT2D eigenvalue weighted by molar-refractivity contribution is 0.886. The normalized spacial score (nSPS) is 17.2. The highest BCUT2D eigenvalue weighted by Gasteiger charge is 2.18. The molecule has 0 unspecified atom stereocenters. The van der Waals surface area contributed by atoms with E-state index in [1.54, 1.807) is 6.20 Å². The summed E-state index contributed by atoms with van der Waals surface area (Å²) in [5.74, 6) is 0. The summed E-state index contributed by atoms with van der Waals surface area (Å²) >= 11 is 5.46. The third kappa shape index (κ3) is 2.48. The molecule has 0 aromatic carbocycles. The summed E-state index contributed by atoms with van der Waals surface area (Å²) in [6, 6.07) is 0. The van der Waals surface area contributed by atoms with E-state index < -0.39 is 0 Å². The Hall–Kier alpha value is -0.220. The number of hydrogen-bond donors (Lipinski definition) is 1.